The highest BCUT2D eigenvalue weighted by atomic mass is 16.3. The maximum absolute atomic E-state index is 11.0. The maximum Gasteiger partial charge on any atom is 0.160 e. The average Bonchev–Trinajstić information content (AvgIpc) is 1.87. The number of ketones is 1. The summed E-state index contributed by atoms with van der Waals surface area (Å²) in [5, 5.41) is 9.36. The molecule has 0 radical (unpaired) electrons. The van der Waals surface area contributed by atoms with E-state index in [4.69, 9.17) is 5.73 Å². The van der Waals surface area contributed by atoms with E-state index in [1.807, 2.05) is 0 Å². The van der Waals surface area contributed by atoms with Crippen molar-refractivity contribution in [3.8, 4) is 0 Å². The van der Waals surface area contributed by atoms with Crippen molar-refractivity contribution in [3.63, 3.8) is 0 Å². The number of carbonyl (C=O) groups excluding carboxylic acids is 1. The molecule has 0 aliphatic heterocycles. The van der Waals surface area contributed by atoms with E-state index in [0.29, 0.717) is 5.57 Å². The lowest BCUT2D eigenvalue weighted by molar-refractivity contribution is -0.119. The van der Waals surface area contributed by atoms with Gasteiger partial charge < -0.3 is 10.8 Å². The molecule has 0 saturated heterocycles. The van der Waals surface area contributed by atoms with Crippen molar-refractivity contribution >= 4 is 5.78 Å². The number of allylic oxidation sites excluding steroid dienone is 1. The molecular weight excluding hydrogens is 142 g/mol. The molecule has 0 amide bonds. The van der Waals surface area contributed by atoms with Gasteiger partial charge >= 0.3 is 0 Å². The Kier molecular flexibility index (Phi) is 3.42. The van der Waals surface area contributed by atoms with E-state index in [1.54, 1.807) is 6.92 Å². The topological polar surface area (TPSA) is 63.3 Å². The van der Waals surface area contributed by atoms with E-state index in [9.17, 15) is 9.90 Å². The van der Waals surface area contributed by atoms with Crippen LogP contribution in [0.25, 0.3) is 0 Å². The summed E-state index contributed by atoms with van der Waals surface area (Å²) in [7, 11) is 0. The van der Waals surface area contributed by atoms with Crippen molar-refractivity contribution in [2.45, 2.75) is 25.9 Å². The highest BCUT2D eigenvalue weighted by molar-refractivity contribution is 5.94. The van der Waals surface area contributed by atoms with E-state index in [-0.39, 0.29) is 18.7 Å². The van der Waals surface area contributed by atoms with E-state index in [2.05, 4.69) is 6.58 Å². The highest BCUT2D eigenvalue weighted by Crippen LogP contribution is 2.10. The van der Waals surface area contributed by atoms with E-state index in [1.165, 1.54) is 6.92 Å². The molecule has 3 nitrogen and oxygen atoms in total. The summed E-state index contributed by atoms with van der Waals surface area (Å²) >= 11 is 0. The molecule has 0 heterocycles. The molecule has 0 bridgehead atoms. The SMILES string of the molecule is C=C(C)C(=O)CC(C)(O)CN. The van der Waals surface area contributed by atoms with Gasteiger partial charge in [0.1, 0.15) is 0 Å². The number of aliphatic hydroxyl groups is 1. The molecule has 0 saturated carbocycles. The van der Waals surface area contributed by atoms with Gasteiger partial charge in [-0.05, 0) is 19.4 Å². The third-order valence-corrected chi connectivity index (χ3v) is 1.46. The third kappa shape index (κ3) is 3.91. The summed E-state index contributed by atoms with van der Waals surface area (Å²) in [5.74, 6) is -0.138. The molecule has 1 unspecified atom stereocenters. The quantitative estimate of drug-likeness (QED) is 0.574. The molecule has 0 spiro atoms. The molecule has 1 atom stereocenters. The van der Waals surface area contributed by atoms with Gasteiger partial charge in [0.25, 0.3) is 0 Å². The third-order valence-electron chi connectivity index (χ3n) is 1.46. The van der Waals surface area contributed by atoms with Crippen LogP contribution < -0.4 is 5.73 Å². The van der Waals surface area contributed by atoms with Gasteiger partial charge in [-0.2, -0.15) is 0 Å². The Bertz CT molecular complexity index is 173. The number of hydrogen-bond donors (Lipinski definition) is 2. The second kappa shape index (κ2) is 3.64. The van der Waals surface area contributed by atoms with Crippen LogP contribution in [-0.4, -0.2) is 23.0 Å². The summed E-state index contributed by atoms with van der Waals surface area (Å²) in [5.41, 5.74) is 4.59. The number of Topliss-reactive ketones (excluding diaryl/α,β-unsaturated/α-hetero) is 1. The van der Waals surface area contributed by atoms with Crippen LogP contribution in [0.15, 0.2) is 12.2 Å². The highest BCUT2D eigenvalue weighted by Gasteiger charge is 2.22. The standard InChI is InChI=1S/C8H15NO2/c1-6(2)7(10)4-8(3,11)5-9/h11H,1,4-5,9H2,2-3H3. The lowest BCUT2D eigenvalue weighted by Gasteiger charge is -2.19. The number of hydrogen-bond acceptors (Lipinski definition) is 3. The van der Waals surface area contributed by atoms with Crippen LogP contribution in [0, 0.1) is 0 Å². The molecule has 0 aliphatic rings. The van der Waals surface area contributed by atoms with Gasteiger partial charge in [0.2, 0.25) is 0 Å². The minimum absolute atomic E-state index is 0.0544. The maximum atomic E-state index is 11.0. The second-order valence-electron chi connectivity index (χ2n) is 3.08. The minimum atomic E-state index is -1.09. The normalized spacial score (nSPS) is 15.6. The van der Waals surface area contributed by atoms with Crippen LogP contribution >= 0.6 is 0 Å². The van der Waals surface area contributed by atoms with Crippen molar-refractivity contribution in [3.05, 3.63) is 12.2 Å². The molecule has 0 aromatic heterocycles. The van der Waals surface area contributed by atoms with Crippen molar-refractivity contribution in [1.82, 2.24) is 0 Å². The Morgan fingerprint density at radius 3 is 2.45 bits per heavy atom. The zero-order valence-electron chi connectivity index (χ0n) is 7.05. The van der Waals surface area contributed by atoms with Crippen LogP contribution in [0.5, 0.6) is 0 Å². The van der Waals surface area contributed by atoms with E-state index < -0.39 is 5.60 Å². The monoisotopic (exact) mass is 157 g/mol. The van der Waals surface area contributed by atoms with Gasteiger partial charge in [-0.1, -0.05) is 6.58 Å². The number of rotatable bonds is 4. The van der Waals surface area contributed by atoms with E-state index >= 15 is 0 Å². The van der Waals surface area contributed by atoms with Crippen LogP contribution in [0.3, 0.4) is 0 Å². The predicted octanol–water partition coefficient (Wildman–Crippen LogP) is 0.231. The smallest absolute Gasteiger partial charge is 0.160 e. The summed E-state index contributed by atoms with van der Waals surface area (Å²) in [6.45, 7) is 6.72. The van der Waals surface area contributed by atoms with E-state index in [0.717, 1.165) is 0 Å². The molecule has 11 heavy (non-hydrogen) atoms. The van der Waals surface area contributed by atoms with Crippen LogP contribution in [0.1, 0.15) is 20.3 Å². The lowest BCUT2D eigenvalue weighted by atomic mass is 9.97. The Balaban J connectivity index is 4.04. The molecule has 0 aromatic rings. The Morgan fingerprint density at radius 2 is 2.18 bits per heavy atom. The van der Waals surface area contributed by atoms with Gasteiger partial charge in [-0.3, -0.25) is 4.79 Å². The Morgan fingerprint density at radius 1 is 1.73 bits per heavy atom. The van der Waals surface area contributed by atoms with Gasteiger partial charge in [-0.25, -0.2) is 0 Å². The van der Waals surface area contributed by atoms with Crippen LogP contribution in [0.2, 0.25) is 0 Å². The van der Waals surface area contributed by atoms with Gasteiger partial charge in [0.15, 0.2) is 5.78 Å². The summed E-state index contributed by atoms with van der Waals surface area (Å²) < 4.78 is 0. The lowest BCUT2D eigenvalue weighted by Crippen LogP contribution is -2.36. The largest absolute Gasteiger partial charge is 0.388 e. The number of nitrogens with two attached hydrogens (primary N) is 1. The fourth-order valence-corrected chi connectivity index (χ4v) is 0.569. The molecule has 0 rings (SSSR count). The summed E-state index contributed by atoms with van der Waals surface area (Å²) in [6.07, 6.45) is 0.0544. The molecule has 0 aliphatic carbocycles. The average molecular weight is 157 g/mol. The first-order valence-corrected chi connectivity index (χ1v) is 3.50. The molecule has 3 N–H and O–H groups in total. The van der Waals surface area contributed by atoms with Gasteiger partial charge in [0.05, 0.1) is 5.60 Å². The summed E-state index contributed by atoms with van der Waals surface area (Å²) in [4.78, 5) is 11.0. The first kappa shape index (κ1) is 10.3. The first-order valence-electron chi connectivity index (χ1n) is 3.50. The molecule has 0 fully saturated rings. The van der Waals surface area contributed by atoms with Crippen molar-refractivity contribution in [1.29, 1.82) is 0 Å². The fourth-order valence-electron chi connectivity index (χ4n) is 0.569. The van der Waals surface area contributed by atoms with Crippen molar-refractivity contribution in [2.75, 3.05) is 6.54 Å². The minimum Gasteiger partial charge on any atom is -0.388 e. The molecule has 0 aromatic carbocycles. The zero-order chi connectivity index (χ0) is 9.07. The predicted molar refractivity (Wildman–Crippen MR) is 44.1 cm³/mol. The van der Waals surface area contributed by atoms with Gasteiger partial charge in [-0.15, -0.1) is 0 Å². The van der Waals surface area contributed by atoms with Crippen LogP contribution in [0.4, 0.5) is 0 Å². The Labute approximate surface area is 66.9 Å². The Hall–Kier alpha value is -0.670. The van der Waals surface area contributed by atoms with Gasteiger partial charge in [0, 0.05) is 13.0 Å². The first-order chi connectivity index (χ1) is 4.89. The second-order valence-corrected chi connectivity index (χ2v) is 3.08. The fraction of sp³-hybridized carbons (Fsp3) is 0.625. The van der Waals surface area contributed by atoms with Crippen molar-refractivity contribution in [2.24, 2.45) is 5.73 Å². The molecule has 3 heteroatoms. The number of carbonyl (C=O) groups is 1. The molecular formula is C8H15NO2. The van der Waals surface area contributed by atoms with Crippen LogP contribution in [-0.2, 0) is 4.79 Å². The summed E-state index contributed by atoms with van der Waals surface area (Å²) in [6, 6.07) is 0. The van der Waals surface area contributed by atoms with Crippen molar-refractivity contribution < 1.29 is 9.90 Å². The molecule has 64 valence electrons. The zero-order valence-corrected chi connectivity index (χ0v) is 7.05.